The van der Waals surface area contributed by atoms with Crippen LogP contribution in [0.1, 0.15) is 28.0 Å². The number of likely N-dealkylation sites (tertiary alicyclic amines) is 1. The Morgan fingerprint density at radius 2 is 1.95 bits per heavy atom. The van der Waals surface area contributed by atoms with Gasteiger partial charge in [-0.15, -0.1) is 0 Å². The van der Waals surface area contributed by atoms with E-state index in [0.717, 1.165) is 11.3 Å². The van der Waals surface area contributed by atoms with Crippen molar-refractivity contribution < 1.29 is 28.6 Å². The highest BCUT2D eigenvalue weighted by Gasteiger charge is 2.38. The fraction of sp³-hybridized carbons (Fsp3) is 0.357. The highest BCUT2D eigenvalue weighted by molar-refractivity contribution is 5.95. The molecule has 2 aromatic carbocycles. The second-order valence-electron chi connectivity index (χ2n) is 9.56. The number of aryl methyl sites for hydroxylation is 2. The van der Waals surface area contributed by atoms with Crippen molar-refractivity contribution in [1.82, 2.24) is 25.3 Å². The van der Waals surface area contributed by atoms with Gasteiger partial charge >= 0.3 is 0 Å². The minimum absolute atomic E-state index is 0.0383. The maximum atomic E-state index is 13.3. The number of carbonyl (C=O) groups excluding carboxylic acids is 3. The highest BCUT2D eigenvalue weighted by Crippen LogP contribution is 2.28. The zero-order valence-electron chi connectivity index (χ0n) is 21.9. The molecular formula is C28H31N5O6. The summed E-state index contributed by atoms with van der Waals surface area (Å²) in [4.78, 5) is 40.4. The molecule has 39 heavy (non-hydrogen) atoms. The van der Waals surface area contributed by atoms with Crippen LogP contribution in [0.25, 0.3) is 0 Å². The summed E-state index contributed by atoms with van der Waals surface area (Å²) in [7, 11) is 1.49. The number of nitrogens with one attached hydrogen (secondary N) is 2. The Labute approximate surface area is 226 Å². The molecule has 11 nitrogen and oxygen atoms in total. The molecule has 2 N–H and O–H groups in total. The van der Waals surface area contributed by atoms with Crippen LogP contribution in [0, 0.1) is 6.92 Å². The Balaban J connectivity index is 1.38. The molecule has 4 heterocycles. The summed E-state index contributed by atoms with van der Waals surface area (Å²) in [5, 5.41) is 10.1. The Bertz CT molecular complexity index is 1350. The third kappa shape index (κ3) is 6.14. The van der Waals surface area contributed by atoms with Crippen molar-refractivity contribution in [2.24, 2.45) is 0 Å². The zero-order valence-corrected chi connectivity index (χ0v) is 21.9. The quantitative estimate of drug-likeness (QED) is 0.523. The molecule has 1 fully saturated rings. The topological polar surface area (TPSA) is 124 Å². The van der Waals surface area contributed by atoms with E-state index in [0.29, 0.717) is 43.2 Å². The zero-order chi connectivity index (χ0) is 27.4. The van der Waals surface area contributed by atoms with Crippen molar-refractivity contribution in [2.75, 3.05) is 26.8 Å². The number of rotatable bonds is 4. The number of aromatic nitrogens is 2. The normalized spacial score (nSPS) is 19.3. The van der Waals surface area contributed by atoms with Gasteiger partial charge in [0.1, 0.15) is 11.9 Å². The third-order valence-electron chi connectivity index (χ3n) is 6.89. The molecule has 0 spiro atoms. The molecule has 1 aromatic heterocycles. The summed E-state index contributed by atoms with van der Waals surface area (Å²) >= 11 is 0. The summed E-state index contributed by atoms with van der Waals surface area (Å²) < 4.78 is 19.1. The van der Waals surface area contributed by atoms with Gasteiger partial charge in [-0.05, 0) is 48.9 Å². The average molecular weight is 534 g/mol. The van der Waals surface area contributed by atoms with E-state index in [1.54, 1.807) is 27.9 Å². The Hall–Kier alpha value is -4.54. The number of benzene rings is 2. The summed E-state index contributed by atoms with van der Waals surface area (Å²) in [5.74, 6) is 0.585. The third-order valence-corrected chi connectivity index (χ3v) is 6.89. The van der Waals surface area contributed by atoms with Gasteiger partial charge in [0, 0.05) is 43.5 Å². The number of fused-ring (bicyclic) bond motifs is 7. The monoisotopic (exact) mass is 533 g/mol. The number of amides is 3. The number of methoxy groups -OCH3 is 1. The van der Waals surface area contributed by atoms with Gasteiger partial charge in [-0.3, -0.25) is 19.1 Å². The molecule has 2 atom stereocenters. The molecule has 11 heteroatoms. The molecule has 0 radical (unpaired) electrons. The highest BCUT2D eigenvalue weighted by atomic mass is 16.5. The van der Waals surface area contributed by atoms with Crippen LogP contribution in [0.15, 0.2) is 54.7 Å². The average Bonchev–Trinajstić information content (AvgIpc) is 3.54. The number of ether oxygens (including phenoxy) is 3. The molecule has 0 aliphatic carbocycles. The molecule has 6 rings (SSSR count). The molecule has 1 saturated heterocycles. The lowest BCUT2D eigenvalue weighted by molar-refractivity contribution is -0.130. The molecule has 3 amide bonds. The summed E-state index contributed by atoms with van der Waals surface area (Å²) in [6, 6.07) is 13.6. The number of hydrogen-bond acceptors (Lipinski definition) is 7. The lowest BCUT2D eigenvalue weighted by atomic mass is 10.1. The first kappa shape index (κ1) is 26.1. The summed E-state index contributed by atoms with van der Waals surface area (Å²) in [5.41, 5.74) is 2.21. The molecule has 3 aromatic rings. The van der Waals surface area contributed by atoms with Gasteiger partial charge < -0.3 is 29.7 Å². The molecular weight excluding hydrogens is 502 g/mol. The van der Waals surface area contributed by atoms with Crippen LogP contribution >= 0.6 is 0 Å². The predicted octanol–water partition coefficient (Wildman–Crippen LogP) is 1.69. The van der Waals surface area contributed by atoms with E-state index in [9.17, 15) is 14.4 Å². The van der Waals surface area contributed by atoms with E-state index in [1.807, 2.05) is 37.3 Å². The van der Waals surface area contributed by atoms with Gasteiger partial charge in [-0.25, -0.2) is 0 Å². The van der Waals surface area contributed by atoms with Gasteiger partial charge in [0.2, 0.25) is 5.91 Å². The van der Waals surface area contributed by atoms with Gasteiger partial charge in [0.25, 0.3) is 11.8 Å². The fourth-order valence-corrected chi connectivity index (χ4v) is 4.67. The van der Waals surface area contributed by atoms with Crippen molar-refractivity contribution in [3.63, 3.8) is 0 Å². The Morgan fingerprint density at radius 3 is 2.69 bits per heavy atom. The van der Waals surface area contributed by atoms with Crippen molar-refractivity contribution >= 4 is 17.7 Å². The van der Waals surface area contributed by atoms with Crippen LogP contribution < -0.4 is 24.8 Å². The van der Waals surface area contributed by atoms with E-state index < -0.39 is 12.1 Å². The minimum Gasteiger partial charge on any atom is -0.493 e. The van der Waals surface area contributed by atoms with E-state index in [4.69, 9.17) is 14.2 Å². The maximum Gasteiger partial charge on any atom is 0.258 e. The second-order valence-corrected chi connectivity index (χ2v) is 9.56. The second kappa shape index (κ2) is 11.5. The molecule has 3 aliphatic rings. The number of nitrogens with zero attached hydrogens (tertiary/aromatic N) is 3. The van der Waals surface area contributed by atoms with E-state index in [2.05, 4.69) is 15.7 Å². The number of carbonyl (C=O) groups is 3. The van der Waals surface area contributed by atoms with Crippen LogP contribution in [0.4, 0.5) is 0 Å². The van der Waals surface area contributed by atoms with Crippen molar-refractivity contribution in [3.05, 3.63) is 71.5 Å². The first-order valence-corrected chi connectivity index (χ1v) is 12.8. The van der Waals surface area contributed by atoms with Gasteiger partial charge in [-0.2, -0.15) is 5.10 Å². The molecule has 0 unspecified atom stereocenters. The number of hydrogen-bond donors (Lipinski definition) is 2. The Kier molecular flexibility index (Phi) is 7.67. The van der Waals surface area contributed by atoms with E-state index >= 15 is 0 Å². The minimum atomic E-state index is -0.459. The molecule has 0 saturated carbocycles. The fourth-order valence-electron chi connectivity index (χ4n) is 4.67. The van der Waals surface area contributed by atoms with Gasteiger partial charge in [0.15, 0.2) is 18.1 Å². The summed E-state index contributed by atoms with van der Waals surface area (Å²) in [6.45, 7) is 3.15. The molecule has 204 valence electrons. The largest absolute Gasteiger partial charge is 0.493 e. The standard InChI is InChI=1S/C28H31N5O6/c1-18-9-11-30-33(18)12-10-27(35)32-15-22-25(16-32)39-21-6-3-19(4-7-21)14-29-26(34)17-38-24-13-20(28(36)31-22)5-8-23(24)37-2/h3-9,11,13,22,25H,10,12,14-17H2,1-2H3,(H,29,34)(H,31,36)/t22-,25-/m0/s1. The first-order valence-electron chi connectivity index (χ1n) is 12.8. The molecule has 4 bridgehead atoms. The van der Waals surface area contributed by atoms with Gasteiger partial charge in [-0.1, -0.05) is 12.1 Å². The van der Waals surface area contributed by atoms with Crippen molar-refractivity contribution in [1.29, 1.82) is 0 Å². The summed E-state index contributed by atoms with van der Waals surface area (Å²) in [6.07, 6.45) is 1.54. The predicted molar refractivity (Wildman–Crippen MR) is 141 cm³/mol. The van der Waals surface area contributed by atoms with Gasteiger partial charge in [0.05, 0.1) is 19.7 Å². The van der Waals surface area contributed by atoms with Crippen LogP contribution in [0.5, 0.6) is 17.2 Å². The molecule has 3 aliphatic heterocycles. The van der Waals surface area contributed by atoms with Crippen LogP contribution in [0.2, 0.25) is 0 Å². The smallest absolute Gasteiger partial charge is 0.258 e. The first-order chi connectivity index (χ1) is 18.9. The maximum absolute atomic E-state index is 13.3. The Morgan fingerprint density at radius 1 is 1.13 bits per heavy atom. The van der Waals surface area contributed by atoms with E-state index in [-0.39, 0.29) is 36.5 Å². The van der Waals surface area contributed by atoms with Crippen molar-refractivity contribution in [2.45, 2.75) is 38.6 Å². The SMILES string of the molecule is COc1ccc2cc1OCC(=O)NCc1ccc(cc1)O[C@H]1CN(C(=O)CCn3nccc3C)C[C@@H]1NC2=O. The van der Waals surface area contributed by atoms with Crippen LogP contribution in [0.3, 0.4) is 0 Å². The lowest BCUT2D eigenvalue weighted by Gasteiger charge is -2.21. The van der Waals surface area contributed by atoms with E-state index in [1.165, 1.54) is 13.2 Å². The van der Waals surface area contributed by atoms with Crippen molar-refractivity contribution in [3.8, 4) is 17.2 Å². The lowest BCUT2D eigenvalue weighted by Crippen LogP contribution is -2.45. The van der Waals surface area contributed by atoms with Crippen LogP contribution in [-0.4, -0.2) is 71.4 Å². The van der Waals surface area contributed by atoms with Crippen LogP contribution in [-0.2, 0) is 22.7 Å².